The average Bonchev–Trinajstić information content (AvgIpc) is 3.12. The molecule has 1 aromatic carbocycles. The first-order valence-corrected chi connectivity index (χ1v) is 9.68. The predicted molar refractivity (Wildman–Crippen MR) is 102 cm³/mol. The number of rotatable bonds is 2. The van der Waals surface area contributed by atoms with Gasteiger partial charge in [-0.15, -0.1) is 0 Å². The summed E-state index contributed by atoms with van der Waals surface area (Å²) in [7, 11) is 0. The van der Waals surface area contributed by atoms with Crippen molar-refractivity contribution in [3.63, 3.8) is 0 Å². The van der Waals surface area contributed by atoms with Crippen LogP contribution in [-0.4, -0.2) is 40.6 Å². The first-order valence-electron chi connectivity index (χ1n) is 8.07. The van der Waals surface area contributed by atoms with Gasteiger partial charge in [0.05, 0.1) is 16.1 Å². The third kappa shape index (κ3) is 4.30. The largest absolute Gasteiger partial charge is 0.444 e. The molecule has 134 valence electrons. The molecule has 1 aromatic heterocycles. The van der Waals surface area contributed by atoms with Crippen LogP contribution in [0.5, 0.6) is 0 Å². The topological polar surface area (TPSA) is 71.5 Å². The van der Waals surface area contributed by atoms with Crippen molar-refractivity contribution in [1.82, 2.24) is 9.88 Å². The Balaban J connectivity index is 1.62. The minimum atomic E-state index is -0.536. The van der Waals surface area contributed by atoms with Gasteiger partial charge in [-0.05, 0) is 55.3 Å². The van der Waals surface area contributed by atoms with Crippen molar-refractivity contribution in [2.45, 2.75) is 32.8 Å². The number of nitrogens with one attached hydrogen (secondary N) is 1. The van der Waals surface area contributed by atoms with Crippen molar-refractivity contribution in [2.24, 2.45) is 5.92 Å². The SMILES string of the molecule is CC(C)(C)OC(=O)N1CC[C@H](C(=O)Nc2nc3c(Br)cccc3s2)C1. The number of nitrogens with zero attached hydrogens (tertiary/aromatic N) is 2. The van der Waals surface area contributed by atoms with E-state index in [1.807, 2.05) is 39.0 Å². The second kappa shape index (κ2) is 6.92. The van der Waals surface area contributed by atoms with Gasteiger partial charge in [-0.3, -0.25) is 4.79 Å². The normalized spacial score (nSPS) is 17.8. The van der Waals surface area contributed by atoms with Crippen molar-refractivity contribution in [2.75, 3.05) is 18.4 Å². The Morgan fingerprint density at radius 3 is 2.84 bits per heavy atom. The van der Waals surface area contributed by atoms with E-state index in [-0.39, 0.29) is 17.9 Å². The number of benzene rings is 1. The highest BCUT2D eigenvalue weighted by Crippen LogP contribution is 2.31. The number of hydrogen-bond acceptors (Lipinski definition) is 5. The Bertz CT molecular complexity index is 815. The number of hydrogen-bond donors (Lipinski definition) is 1. The summed E-state index contributed by atoms with van der Waals surface area (Å²) in [5.74, 6) is -0.357. The summed E-state index contributed by atoms with van der Waals surface area (Å²) in [5, 5.41) is 3.45. The molecule has 1 aliphatic rings. The summed E-state index contributed by atoms with van der Waals surface area (Å²) in [6, 6.07) is 5.82. The van der Waals surface area contributed by atoms with Crippen LogP contribution in [0.2, 0.25) is 0 Å². The van der Waals surface area contributed by atoms with Gasteiger partial charge < -0.3 is 15.0 Å². The fourth-order valence-electron chi connectivity index (χ4n) is 2.64. The Labute approximate surface area is 158 Å². The number of carbonyl (C=O) groups is 2. The molecule has 0 radical (unpaired) electrons. The molecule has 1 N–H and O–H groups in total. The molecule has 3 rings (SSSR count). The van der Waals surface area contributed by atoms with Gasteiger partial charge in [-0.2, -0.15) is 0 Å². The summed E-state index contributed by atoms with van der Waals surface area (Å²) in [5.41, 5.74) is 0.302. The Kier molecular flexibility index (Phi) is 5.02. The highest BCUT2D eigenvalue weighted by Gasteiger charge is 2.33. The first kappa shape index (κ1) is 18.1. The van der Waals surface area contributed by atoms with Crippen LogP contribution < -0.4 is 5.32 Å². The molecule has 0 saturated carbocycles. The standard InChI is InChI=1S/C17H20BrN3O3S/c1-17(2,3)24-16(23)21-8-7-10(9-21)14(22)20-15-19-13-11(18)5-4-6-12(13)25-15/h4-6,10H,7-9H2,1-3H3,(H,19,20,22)/t10-/m0/s1. The Morgan fingerprint density at radius 1 is 1.40 bits per heavy atom. The number of para-hydroxylation sites is 1. The molecule has 1 aliphatic heterocycles. The Hall–Kier alpha value is -1.67. The lowest BCUT2D eigenvalue weighted by Gasteiger charge is -2.24. The van der Waals surface area contributed by atoms with Crippen LogP contribution in [0.1, 0.15) is 27.2 Å². The summed E-state index contributed by atoms with van der Waals surface area (Å²) in [6.45, 7) is 6.39. The van der Waals surface area contributed by atoms with Crippen molar-refractivity contribution in [3.05, 3.63) is 22.7 Å². The second-order valence-electron chi connectivity index (χ2n) is 7.01. The third-order valence-corrected chi connectivity index (χ3v) is 5.39. The molecule has 0 unspecified atom stereocenters. The number of carbonyl (C=O) groups excluding carboxylic acids is 2. The summed E-state index contributed by atoms with van der Waals surface area (Å²) in [6.07, 6.45) is 0.256. The molecule has 1 atom stereocenters. The molecular formula is C17H20BrN3O3S. The highest BCUT2D eigenvalue weighted by molar-refractivity contribution is 9.10. The zero-order valence-electron chi connectivity index (χ0n) is 14.3. The van der Waals surface area contributed by atoms with Crippen molar-refractivity contribution >= 4 is 54.6 Å². The van der Waals surface area contributed by atoms with Crippen LogP contribution in [0.4, 0.5) is 9.93 Å². The van der Waals surface area contributed by atoms with E-state index in [4.69, 9.17) is 4.74 Å². The van der Waals surface area contributed by atoms with Gasteiger partial charge in [0.1, 0.15) is 5.60 Å². The number of anilines is 1. The van der Waals surface area contributed by atoms with E-state index >= 15 is 0 Å². The average molecular weight is 426 g/mol. The van der Waals surface area contributed by atoms with Gasteiger partial charge in [0.2, 0.25) is 5.91 Å². The van der Waals surface area contributed by atoms with E-state index in [1.54, 1.807) is 4.90 Å². The van der Waals surface area contributed by atoms with Crippen LogP contribution in [0.3, 0.4) is 0 Å². The van der Waals surface area contributed by atoms with E-state index in [0.717, 1.165) is 14.7 Å². The summed E-state index contributed by atoms with van der Waals surface area (Å²) >= 11 is 4.90. The van der Waals surface area contributed by atoms with Crippen molar-refractivity contribution in [1.29, 1.82) is 0 Å². The van der Waals surface area contributed by atoms with E-state index in [1.165, 1.54) is 11.3 Å². The van der Waals surface area contributed by atoms with Gasteiger partial charge in [0.25, 0.3) is 0 Å². The lowest BCUT2D eigenvalue weighted by molar-refractivity contribution is -0.119. The smallest absolute Gasteiger partial charge is 0.410 e. The minimum Gasteiger partial charge on any atom is -0.444 e. The van der Waals surface area contributed by atoms with Crippen LogP contribution in [-0.2, 0) is 9.53 Å². The van der Waals surface area contributed by atoms with Crippen LogP contribution >= 0.6 is 27.3 Å². The van der Waals surface area contributed by atoms with Crippen LogP contribution in [0.15, 0.2) is 22.7 Å². The first-order chi connectivity index (χ1) is 11.7. The van der Waals surface area contributed by atoms with Gasteiger partial charge in [0.15, 0.2) is 5.13 Å². The molecule has 2 aromatic rings. The van der Waals surface area contributed by atoms with E-state index in [0.29, 0.717) is 24.6 Å². The fourth-order valence-corrected chi connectivity index (χ4v) is 4.12. The molecule has 0 aliphatic carbocycles. The molecule has 25 heavy (non-hydrogen) atoms. The number of fused-ring (bicyclic) bond motifs is 1. The lowest BCUT2D eigenvalue weighted by atomic mass is 10.1. The molecule has 0 bridgehead atoms. The summed E-state index contributed by atoms with van der Waals surface area (Å²) < 4.78 is 7.27. The fraction of sp³-hybridized carbons (Fsp3) is 0.471. The summed E-state index contributed by atoms with van der Waals surface area (Å²) in [4.78, 5) is 30.6. The van der Waals surface area contributed by atoms with Crippen molar-refractivity contribution in [3.8, 4) is 0 Å². The predicted octanol–water partition coefficient (Wildman–Crippen LogP) is 4.25. The maximum Gasteiger partial charge on any atom is 0.410 e. The van der Waals surface area contributed by atoms with Crippen LogP contribution in [0.25, 0.3) is 10.2 Å². The number of ether oxygens (including phenoxy) is 1. The van der Waals surface area contributed by atoms with Gasteiger partial charge in [-0.25, -0.2) is 9.78 Å². The zero-order valence-corrected chi connectivity index (χ0v) is 16.7. The molecule has 0 spiro atoms. The maximum atomic E-state index is 12.5. The minimum absolute atomic E-state index is 0.110. The van der Waals surface area contributed by atoms with E-state index in [9.17, 15) is 9.59 Å². The Morgan fingerprint density at radius 2 is 2.16 bits per heavy atom. The van der Waals surface area contributed by atoms with E-state index < -0.39 is 5.60 Å². The number of halogens is 1. The van der Waals surface area contributed by atoms with E-state index in [2.05, 4.69) is 26.2 Å². The number of aromatic nitrogens is 1. The van der Waals surface area contributed by atoms with Gasteiger partial charge in [-0.1, -0.05) is 17.4 Å². The van der Waals surface area contributed by atoms with Crippen LogP contribution in [0, 0.1) is 5.92 Å². The number of amides is 2. The maximum absolute atomic E-state index is 12.5. The molecular weight excluding hydrogens is 406 g/mol. The van der Waals surface area contributed by atoms with Gasteiger partial charge in [0, 0.05) is 17.6 Å². The quantitative estimate of drug-likeness (QED) is 0.779. The molecule has 1 fully saturated rings. The van der Waals surface area contributed by atoms with Gasteiger partial charge >= 0.3 is 6.09 Å². The number of thiazole rings is 1. The third-order valence-electron chi connectivity index (χ3n) is 3.81. The molecule has 1 saturated heterocycles. The number of likely N-dealkylation sites (tertiary alicyclic amines) is 1. The molecule has 8 heteroatoms. The van der Waals surface area contributed by atoms with Crippen molar-refractivity contribution < 1.29 is 14.3 Å². The lowest BCUT2D eigenvalue weighted by Crippen LogP contribution is -2.36. The molecule has 2 amide bonds. The monoisotopic (exact) mass is 425 g/mol. The highest BCUT2D eigenvalue weighted by atomic mass is 79.9. The second-order valence-corrected chi connectivity index (χ2v) is 8.89. The molecule has 6 nitrogen and oxygen atoms in total. The zero-order chi connectivity index (χ0) is 18.2. The molecule has 2 heterocycles.